The second kappa shape index (κ2) is 6.22. The highest BCUT2D eigenvalue weighted by molar-refractivity contribution is 7.15. The Morgan fingerprint density at radius 3 is 2.92 bits per heavy atom. The molecule has 1 N–H and O–H groups in total. The molecule has 7 heteroatoms. The van der Waals surface area contributed by atoms with E-state index < -0.39 is 0 Å². The number of hydrogen-bond donors (Lipinski definition) is 1. The zero-order chi connectivity index (χ0) is 16.5. The van der Waals surface area contributed by atoms with Crippen molar-refractivity contribution in [2.75, 3.05) is 5.32 Å². The van der Waals surface area contributed by atoms with E-state index in [1.807, 2.05) is 18.2 Å². The monoisotopic (exact) mass is 359 g/mol. The summed E-state index contributed by atoms with van der Waals surface area (Å²) in [5.74, 6) is 0.0798. The second-order valence-corrected chi connectivity index (χ2v) is 6.84. The van der Waals surface area contributed by atoms with Crippen LogP contribution in [0.2, 0.25) is 4.47 Å². The zero-order valence-electron chi connectivity index (χ0n) is 12.3. The maximum atomic E-state index is 13.3. The maximum Gasteiger partial charge on any atom is 0.227 e. The van der Waals surface area contributed by atoms with Gasteiger partial charge in [0.1, 0.15) is 11.3 Å². The zero-order valence-corrected chi connectivity index (χ0v) is 13.9. The average Bonchev–Trinajstić information content (AvgIpc) is 3.18. The van der Waals surface area contributed by atoms with E-state index in [4.69, 9.17) is 16.0 Å². The lowest BCUT2D eigenvalue weighted by atomic mass is 10.2. The molecule has 0 aliphatic carbocycles. The summed E-state index contributed by atoms with van der Waals surface area (Å²) in [6.07, 6.45) is 1.75. The van der Waals surface area contributed by atoms with Crippen molar-refractivity contribution in [1.29, 1.82) is 0 Å². The van der Waals surface area contributed by atoms with Gasteiger partial charge in [-0.3, -0.25) is 0 Å². The Bertz CT molecular complexity index is 1010. The summed E-state index contributed by atoms with van der Waals surface area (Å²) in [4.78, 5) is 9.45. The number of nitrogens with zero attached hydrogens (tertiary/aromatic N) is 2. The highest BCUT2D eigenvalue weighted by Gasteiger charge is 2.09. The van der Waals surface area contributed by atoms with Crippen LogP contribution >= 0.6 is 22.9 Å². The SMILES string of the molecule is Fc1cccc(-c2nc3ccc(NCc4cnc(Cl)s4)cc3o2)c1. The third-order valence-corrected chi connectivity index (χ3v) is 4.57. The lowest BCUT2D eigenvalue weighted by molar-refractivity contribution is 0.611. The summed E-state index contributed by atoms with van der Waals surface area (Å²) in [5, 5.41) is 3.29. The van der Waals surface area contributed by atoms with Crippen molar-refractivity contribution in [3.8, 4) is 11.5 Å². The first-order valence-corrected chi connectivity index (χ1v) is 8.37. The lowest BCUT2D eigenvalue weighted by Crippen LogP contribution is -1.96. The lowest BCUT2D eigenvalue weighted by Gasteiger charge is -2.03. The Morgan fingerprint density at radius 1 is 1.21 bits per heavy atom. The predicted molar refractivity (Wildman–Crippen MR) is 93.9 cm³/mol. The molecule has 0 spiro atoms. The van der Waals surface area contributed by atoms with Crippen molar-refractivity contribution in [3.63, 3.8) is 0 Å². The van der Waals surface area contributed by atoms with E-state index >= 15 is 0 Å². The number of benzene rings is 2. The molecule has 0 aliphatic rings. The van der Waals surface area contributed by atoms with Crippen molar-refractivity contribution in [2.45, 2.75) is 6.54 Å². The molecule has 4 aromatic rings. The molecule has 0 atom stereocenters. The number of aromatic nitrogens is 2. The smallest absolute Gasteiger partial charge is 0.227 e. The van der Waals surface area contributed by atoms with Crippen molar-refractivity contribution in [3.05, 3.63) is 63.8 Å². The first-order chi connectivity index (χ1) is 11.7. The summed E-state index contributed by atoms with van der Waals surface area (Å²) in [7, 11) is 0. The number of rotatable bonds is 4. The number of anilines is 1. The first-order valence-electron chi connectivity index (χ1n) is 7.18. The fraction of sp³-hybridized carbons (Fsp3) is 0.0588. The number of halogens is 2. The minimum atomic E-state index is -0.319. The van der Waals surface area contributed by atoms with Crippen LogP contribution in [0.15, 0.2) is 53.1 Å². The average molecular weight is 360 g/mol. The molecule has 120 valence electrons. The summed E-state index contributed by atoms with van der Waals surface area (Å²) < 4.78 is 19.6. The van der Waals surface area contributed by atoms with Gasteiger partial charge in [-0.1, -0.05) is 17.7 Å². The molecule has 24 heavy (non-hydrogen) atoms. The Kier molecular flexibility index (Phi) is 3.92. The second-order valence-electron chi connectivity index (χ2n) is 5.14. The van der Waals surface area contributed by atoms with Crippen LogP contribution in [0.5, 0.6) is 0 Å². The molecule has 4 rings (SSSR count). The highest BCUT2D eigenvalue weighted by atomic mass is 35.5. The van der Waals surface area contributed by atoms with Gasteiger partial charge in [-0.2, -0.15) is 0 Å². The molecule has 0 radical (unpaired) electrons. The van der Waals surface area contributed by atoms with Gasteiger partial charge >= 0.3 is 0 Å². The summed E-state index contributed by atoms with van der Waals surface area (Å²) in [6, 6.07) is 11.8. The van der Waals surface area contributed by atoms with Gasteiger partial charge in [-0.25, -0.2) is 14.4 Å². The van der Waals surface area contributed by atoms with Crippen molar-refractivity contribution in [1.82, 2.24) is 9.97 Å². The summed E-state index contributed by atoms with van der Waals surface area (Å²) in [5.41, 5.74) is 2.87. The van der Waals surface area contributed by atoms with Crippen molar-refractivity contribution >= 4 is 39.7 Å². The van der Waals surface area contributed by atoms with Crippen LogP contribution in [-0.4, -0.2) is 9.97 Å². The van der Waals surface area contributed by atoms with Gasteiger partial charge in [0.2, 0.25) is 5.89 Å². The molecule has 2 heterocycles. The van der Waals surface area contributed by atoms with Gasteiger partial charge in [0, 0.05) is 28.4 Å². The fourth-order valence-corrected chi connectivity index (χ4v) is 3.25. The predicted octanol–water partition coefficient (Wildman–Crippen LogP) is 5.36. The van der Waals surface area contributed by atoms with E-state index in [0.717, 1.165) is 16.1 Å². The van der Waals surface area contributed by atoms with E-state index in [1.165, 1.54) is 23.5 Å². The minimum absolute atomic E-state index is 0.319. The number of thiazole rings is 1. The molecule has 0 amide bonds. The van der Waals surface area contributed by atoms with E-state index in [-0.39, 0.29) is 5.82 Å². The van der Waals surface area contributed by atoms with Gasteiger partial charge in [0.15, 0.2) is 10.0 Å². The largest absolute Gasteiger partial charge is 0.436 e. The van der Waals surface area contributed by atoms with Crippen LogP contribution in [0.25, 0.3) is 22.6 Å². The van der Waals surface area contributed by atoms with Crippen LogP contribution in [0.3, 0.4) is 0 Å². The van der Waals surface area contributed by atoms with Crippen LogP contribution < -0.4 is 5.32 Å². The normalized spacial score (nSPS) is 11.1. The van der Waals surface area contributed by atoms with E-state index in [9.17, 15) is 4.39 Å². The summed E-state index contributed by atoms with van der Waals surface area (Å²) >= 11 is 7.26. The van der Waals surface area contributed by atoms with Crippen LogP contribution in [0.4, 0.5) is 10.1 Å². The van der Waals surface area contributed by atoms with Crippen molar-refractivity contribution < 1.29 is 8.81 Å². The molecule has 2 aromatic heterocycles. The standard InChI is InChI=1S/C17H11ClFN3OS/c18-17-21-9-13(24-17)8-20-12-4-5-14-15(7-12)23-16(22-14)10-2-1-3-11(19)6-10/h1-7,9,20H,8H2. The van der Waals surface area contributed by atoms with Crippen molar-refractivity contribution in [2.24, 2.45) is 0 Å². The maximum absolute atomic E-state index is 13.3. The van der Waals surface area contributed by atoms with E-state index in [2.05, 4.69) is 15.3 Å². The van der Waals surface area contributed by atoms with Gasteiger partial charge < -0.3 is 9.73 Å². The van der Waals surface area contributed by atoms with Gasteiger partial charge in [0.25, 0.3) is 0 Å². The van der Waals surface area contributed by atoms with Gasteiger partial charge in [-0.15, -0.1) is 11.3 Å². The number of oxazole rings is 1. The third kappa shape index (κ3) is 3.11. The molecule has 4 nitrogen and oxygen atoms in total. The van der Waals surface area contributed by atoms with E-state index in [1.54, 1.807) is 18.3 Å². The van der Waals surface area contributed by atoms with Gasteiger partial charge in [-0.05, 0) is 30.3 Å². The van der Waals surface area contributed by atoms with Crippen LogP contribution in [-0.2, 0) is 6.54 Å². The minimum Gasteiger partial charge on any atom is -0.436 e. The molecule has 0 aliphatic heterocycles. The Balaban J connectivity index is 1.59. The molecule has 0 unspecified atom stereocenters. The fourth-order valence-electron chi connectivity index (χ4n) is 2.33. The Labute approximate surface area is 145 Å². The molecule has 0 bridgehead atoms. The Hall–Kier alpha value is -2.44. The highest BCUT2D eigenvalue weighted by Crippen LogP contribution is 2.27. The quantitative estimate of drug-likeness (QED) is 0.533. The van der Waals surface area contributed by atoms with E-state index in [0.29, 0.717) is 28.0 Å². The first kappa shape index (κ1) is 15.1. The third-order valence-electron chi connectivity index (χ3n) is 3.45. The molecule has 2 aromatic carbocycles. The Morgan fingerprint density at radius 2 is 2.12 bits per heavy atom. The number of fused-ring (bicyclic) bond motifs is 1. The van der Waals surface area contributed by atoms with Crippen LogP contribution in [0.1, 0.15) is 4.88 Å². The molecular formula is C17H11ClFN3OS. The summed E-state index contributed by atoms with van der Waals surface area (Å²) in [6.45, 7) is 0.626. The molecule has 0 saturated heterocycles. The molecule has 0 fully saturated rings. The number of nitrogens with one attached hydrogen (secondary N) is 1. The van der Waals surface area contributed by atoms with Crippen LogP contribution in [0, 0.1) is 5.82 Å². The molecular weight excluding hydrogens is 349 g/mol. The number of hydrogen-bond acceptors (Lipinski definition) is 5. The topological polar surface area (TPSA) is 51.0 Å². The van der Waals surface area contributed by atoms with Gasteiger partial charge in [0.05, 0.1) is 6.54 Å². The molecule has 0 saturated carbocycles.